The van der Waals surface area contributed by atoms with E-state index in [0.717, 1.165) is 24.5 Å². The normalized spacial score (nSPS) is 15.5. The minimum Gasteiger partial charge on any atom is -0.450 e. The van der Waals surface area contributed by atoms with Crippen LogP contribution in [0.25, 0.3) is 0 Å². The van der Waals surface area contributed by atoms with Crippen LogP contribution < -0.4 is 10.6 Å². The number of hydrogen-bond acceptors (Lipinski definition) is 5. The summed E-state index contributed by atoms with van der Waals surface area (Å²) in [6.07, 6.45) is 1.52. The van der Waals surface area contributed by atoms with Gasteiger partial charge in [-0.15, -0.1) is 0 Å². The van der Waals surface area contributed by atoms with Crippen molar-refractivity contribution in [1.29, 1.82) is 0 Å². The van der Waals surface area contributed by atoms with E-state index >= 15 is 0 Å². The van der Waals surface area contributed by atoms with Gasteiger partial charge in [0.1, 0.15) is 0 Å². The maximum Gasteiger partial charge on any atom is 0.409 e. The zero-order valence-electron chi connectivity index (χ0n) is 11.2. The van der Waals surface area contributed by atoms with Gasteiger partial charge in [0.15, 0.2) is 0 Å². The number of anilines is 1. The molecule has 1 saturated heterocycles. The highest BCUT2D eigenvalue weighted by Crippen LogP contribution is 2.19. The van der Waals surface area contributed by atoms with Crippen molar-refractivity contribution in [3.05, 3.63) is 24.0 Å². The molecule has 0 aliphatic carbocycles. The molecule has 19 heavy (non-hydrogen) atoms. The maximum absolute atomic E-state index is 11.6. The second kappa shape index (κ2) is 6.38. The Morgan fingerprint density at radius 2 is 2.16 bits per heavy atom. The number of hydrogen-bond donors (Lipinski definition) is 1. The van der Waals surface area contributed by atoms with E-state index in [2.05, 4.69) is 9.88 Å². The zero-order valence-corrected chi connectivity index (χ0v) is 11.2. The van der Waals surface area contributed by atoms with Gasteiger partial charge in [0.2, 0.25) is 0 Å². The van der Waals surface area contributed by atoms with Crippen molar-refractivity contribution in [3.8, 4) is 0 Å². The van der Waals surface area contributed by atoms with Crippen LogP contribution >= 0.6 is 0 Å². The summed E-state index contributed by atoms with van der Waals surface area (Å²) in [6, 6.07) is 3.93. The van der Waals surface area contributed by atoms with Gasteiger partial charge >= 0.3 is 6.09 Å². The molecule has 104 valence electrons. The van der Waals surface area contributed by atoms with Crippen molar-refractivity contribution in [2.75, 3.05) is 37.7 Å². The Morgan fingerprint density at radius 3 is 2.79 bits per heavy atom. The lowest BCUT2D eigenvalue weighted by Gasteiger charge is -2.36. The molecule has 1 aromatic rings. The number of ether oxygens (including phenoxy) is 1. The molecule has 1 aliphatic rings. The van der Waals surface area contributed by atoms with Gasteiger partial charge in [0.25, 0.3) is 0 Å². The van der Waals surface area contributed by atoms with E-state index in [1.807, 2.05) is 19.1 Å². The van der Waals surface area contributed by atoms with Crippen molar-refractivity contribution in [2.24, 2.45) is 5.73 Å². The third-order valence-electron chi connectivity index (χ3n) is 3.21. The molecule has 0 aromatic carbocycles. The molecule has 0 radical (unpaired) electrons. The largest absolute Gasteiger partial charge is 0.450 e. The third kappa shape index (κ3) is 3.14. The predicted octanol–water partition coefficient (Wildman–Crippen LogP) is 0.819. The molecule has 6 heteroatoms. The molecule has 1 aromatic heterocycles. The zero-order chi connectivity index (χ0) is 13.7. The number of carbonyl (C=O) groups is 1. The fraction of sp³-hybridized carbons (Fsp3) is 0.538. The standard InChI is InChI=1S/C13H20N4O2/c1-2-19-13(18)17-8-6-16(7-9-17)12-4-3-5-15-11(12)10-14/h3-5H,2,6-10,14H2,1H3. The highest BCUT2D eigenvalue weighted by atomic mass is 16.6. The summed E-state index contributed by atoms with van der Waals surface area (Å²) < 4.78 is 5.00. The summed E-state index contributed by atoms with van der Waals surface area (Å²) in [7, 11) is 0. The smallest absolute Gasteiger partial charge is 0.409 e. The summed E-state index contributed by atoms with van der Waals surface area (Å²) >= 11 is 0. The Morgan fingerprint density at radius 1 is 1.42 bits per heavy atom. The number of piperazine rings is 1. The Balaban J connectivity index is 1.98. The van der Waals surface area contributed by atoms with Gasteiger partial charge in [-0.05, 0) is 19.1 Å². The minimum atomic E-state index is -0.229. The molecule has 2 heterocycles. The molecule has 1 amide bonds. The molecular formula is C13H20N4O2. The van der Waals surface area contributed by atoms with Gasteiger partial charge in [-0.3, -0.25) is 4.98 Å². The summed E-state index contributed by atoms with van der Waals surface area (Å²) in [5.41, 5.74) is 7.66. The first-order valence-electron chi connectivity index (χ1n) is 6.57. The maximum atomic E-state index is 11.6. The van der Waals surface area contributed by atoms with Crippen molar-refractivity contribution in [1.82, 2.24) is 9.88 Å². The van der Waals surface area contributed by atoms with Gasteiger partial charge < -0.3 is 20.3 Å². The number of pyridine rings is 1. The second-order valence-corrected chi connectivity index (χ2v) is 4.35. The number of rotatable bonds is 3. The van der Waals surface area contributed by atoms with Crippen LogP contribution in [0.15, 0.2) is 18.3 Å². The monoisotopic (exact) mass is 264 g/mol. The minimum absolute atomic E-state index is 0.229. The van der Waals surface area contributed by atoms with Gasteiger partial charge in [0, 0.05) is 38.9 Å². The van der Waals surface area contributed by atoms with Gasteiger partial charge in [-0.25, -0.2) is 4.79 Å². The van der Waals surface area contributed by atoms with Gasteiger partial charge in [-0.2, -0.15) is 0 Å². The first kappa shape index (κ1) is 13.6. The summed E-state index contributed by atoms with van der Waals surface area (Å²) in [6.45, 7) is 5.54. The fourth-order valence-corrected chi connectivity index (χ4v) is 2.22. The van der Waals surface area contributed by atoms with Crippen LogP contribution in [-0.4, -0.2) is 48.8 Å². The number of nitrogens with two attached hydrogens (primary N) is 1. The summed E-state index contributed by atoms with van der Waals surface area (Å²) in [5, 5.41) is 0. The highest BCUT2D eigenvalue weighted by Gasteiger charge is 2.23. The topological polar surface area (TPSA) is 71.7 Å². The molecular weight excluding hydrogens is 244 g/mol. The average molecular weight is 264 g/mol. The van der Waals surface area contributed by atoms with Crippen molar-refractivity contribution in [3.63, 3.8) is 0 Å². The number of carbonyl (C=O) groups excluding carboxylic acids is 1. The number of nitrogens with zero attached hydrogens (tertiary/aromatic N) is 3. The molecule has 2 rings (SSSR count). The van der Waals surface area contributed by atoms with E-state index in [1.54, 1.807) is 11.1 Å². The van der Waals surface area contributed by atoms with Crippen LogP contribution in [0.2, 0.25) is 0 Å². The van der Waals surface area contributed by atoms with E-state index in [0.29, 0.717) is 26.2 Å². The van der Waals surface area contributed by atoms with E-state index < -0.39 is 0 Å². The van der Waals surface area contributed by atoms with Crippen LogP contribution in [-0.2, 0) is 11.3 Å². The molecule has 0 atom stereocenters. The van der Waals surface area contributed by atoms with Crippen molar-refractivity contribution < 1.29 is 9.53 Å². The molecule has 1 fully saturated rings. The first-order chi connectivity index (χ1) is 9.26. The van der Waals surface area contributed by atoms with Crippen LogP contribution in [0.5, 0.6) is 0 Å². The molecule has 2 N–H and O–H groups in total. The summed E-state index contributed by atoms with van der Waals surface area (Å²) in [4.78, 5) is 19.8. The molecule has 0 spiro atoms. The Bertz CT molecular complexity index is 430. The molecule has 0 unspecified atom stereocenters. The Labute approximate surface area is 113 Å². The van der Waals surface area contributed by atoms with Crippen LogP contribution in [0, 0.1) is 0 Å². The van der Waals surface area contributed by atoms with Crippen LogP contribution in [0.4, 0.5) is 10.5 Å². The average Bonchev–Trinajstić information content (AvgIpc) is 2.47. The van der Waals surface area contributed by atoms with E-state index in [4.69, 9.17) is 10.5 Å². The van der Waals surface area contributed by atoms with Crippen LogP contribution in [0.1, 0.15) is 12.6 Å². The lowest BCUT2D eigenvalue weighted by molar-refractivity contribution is 0.105. The third-order valence-corrected chi connectivity index (χ3v) is 3.21. The van der Waals surface area contributed by atoms with Crippen molar-refractivity contribution in [2.45, 2.75) is 13.5 Å². The molecule has 1 aliphatic heterocycles. The fourth-order valence-electron chi connectivity index (χ4n) is 2.22. The van der Waals surface area contributed by atoms with Crippen LogP contribution in [0.3, 0.4) is 0 Å². The second-order valence-electron chi connectivity index (χ2n) is 4.35. The lowest BCUT2D eigenvalue weighted by Crippen LogP contribution is -2.49. The first-order valence-corrected chi connectivity index (χ1v) is 6.57. The van der Waals surface area contributed by atoms with Crippen molar-refractivity contribution >= 4 is 11.8 Å². The van der Waals surface area contributed by atoms with Gasteiger partial charge in [-0.1, -0.05) is 0 Å². The van der Waals surface area contributed by atoms with E-state index in [1.165, 1.54) is 0 Å². The quantitative estimate of drug-likeness (QED) is 0.875. The number of aromatic nitrogens is 1. The number of amides is 1. The van der Waals surface area contributed by atoms with E-state index in [9.17, 15) is 4.79 Å². The molecule has 6 nitrogen and oxygen atoms in total. The summed E-state index contributed by atoms with van der Waals surface area (Å²) in [5.74, 6) is 0. The Kier molecular flexibility index (Phi) is 4.57. The SMILES string of the molecule is CCOC(=O)N1CCN(c2cccnc2CN)CC1. The van der Waals surface area contributed by atoms with Gasteiger partial charge in [0.05, 0.1) is 18.0 Å². The predicted molar refractivity (Wildman–Crippen MR) is 72.9 cm³/mol. The Hall–Kier alpha value is -1.82. The molecule has 0 bridgehead atoms. The molecule has 0 saturated carbocycles. The van der Waals surface area contributed by atoms with E-state index in [-0.39, 0.29) is 6.09 Å². The highest BCUT2D eigenvalue weighted by molar-refractivity contribution is 5.68. The lowest BCUT2D eigenvalue weighted by atomic mass is 10.2.